The van der Waals surface area contributed by atoms with Gasteiger partial charge in [-0.2, -0.15) is 0 Å². The van der Waals surface area contributed by atoms with Crippen LogP contribution in [-0.4, -0.2) is 29.4 Å². The Morgan fingerprint density at radius 1 is 0.553 bits per heavy atom. The SMILES string of the molecule is O=C(c1cccc(N2C(=O)[C@@H]3[C@@H](C2=O)[C@H]2C=C[C@@H]3C2)c1)c1cccc(N2C(=O)[C@@H]3[C@H](C2=O)[C@H]2C=C[C@H]3C2)c1. The third-order valence-corrected chi connectivity index (χ3v) is 9.67. The molecule has 0 spiro atoms. The second kappa shape index (κ2) is 7.47. The molecular weight excluding hydrogens is 480 g/mol. The number of amides is 4. The van der Waals surface area contributed by atoms with Crippen molar-refractivity contribution in [3.63, 3.8) is 0 Å². The van der Waals surface area contributed by atoms with Gasteiger partial charge in [-0.15, -0.1) is 0 Å². The minimum Gasteiger partial charge on any atom is -0.289 e. The summed E-state index contributed by atoms with van der Waals surface area (Å²) in [6, 6.07) is 13.2. The third-order valence-electron chi connectivity index (χ3n) is 9.67. The Kier molecular flexibility index (Phi) is 4.30. The maximum Gasteiger partial charge on any atom is 0.238 e. The zero-order chi connectivity index (χ0) is 25.9. The average molecular weight is 505 g/mol. The van der Waals surface area contributed by atoms with Crippen LogP contribution in [0.15, 0.2) is 72.8 Å². The summed E-state index contributed by atoms with van der Waals surface area (Å²) in [5.74, 6) is -1.87. The summed E-state index contributed by atoms with van der Waals surface area (Å²) in [5.41, 5.74) is 1.46. The monoisotopic (exact) mass is 504 g/mol. The molecule has 8 atom stereocenters. The maximum atomic E-state index is 13.5. The van der Waals surface area contributed by atoms with E-state index < -0.39 is 0 Å². The summed E-state index contributed by atoms with van der Waals surface area (Å²) in [7, 11) is 0. The molecule has 2 aromatic rings. The summed E-state index contributed by atoms with van der Waals surface area (Å²) in [4.78, 5) is 69.0. The summed E-state index contributed by atoms with van der Waals surface area (Å²) in [5, 5.41) is 0. The normalized spacial score (nSPS) is 35.7. The first kappa shape index (κ1) is 21.9. The van der Waals surface area contributed by atoms with Gasteiger partial charge in [-0.3, -0.25) is 24.0 Å². The first-order chi connectivity index (χ1) is 18.4. The molecule has 7 nitrogen and oxygen atoms in total. The molecule has 0 unspecified atom stereocenters. The van der Waals surface area contributed by atoms with Crippen molar-refractivity contribution in [3.8, 4) is 0 Å². The van der Waals surface area contributed by atoms with Gasteiger partial charge in [0.2, 0.25) is 23.6 Å². The quantitative estimate of drug-likeness (QED) is 0.361. The number of carbonyl (C=O) groups excluding carboxylic acids is 5. The van der Waals surface area contributed by atoms with Crippen LogP contribution in [0.3, 0.4) is 0 Å². The molecule has 2 aromatic carbocycles. The van der Waals surface area contributed by atoms with Crippen molar-refractivity contribution in [2.75, 3.05) is 9.80 Å². The molecule has 2 heterocycles. The molecule has 38 heavy (non-hydrogen) atoms. The van der Waals surface area contributed by atoms with Gasteiger partial charge in [0.1, 0.15) is 0 Å². The smallest absolute Gasteiger partial charge is 0.238 e. The summed E-state index contributed by atoms with van der Waals surface area (Å²) in [6.45, 7) is 0. The van der Waals surface area contributed by atoms with Crippen molar-refractivity contribution < 1.29 is 24.0 Å². The second-order valence-electron chi connectivity index (χ2n) is 11.5. The summed E-state index contributed by atoms with van der Waals surface area (Å²) >= 11 is 0. The van der Waals surface area contributed by atoms with E-state index in [9.17, 15) is 24.0 Å². The first-order valence-corrected chi connectivity index (χ1v) is 13.3. The molecule has 0 radical (unpaired) electrons. The molecule has 188 valence electrons. The minimum atomic E-state index is -0.311. The molecule has 2 saturated heterocycles. The molecule has 0 aromatic heterocycles. The van der Waals surface area contributed by atoms with Crippen molar-refractivity contribution >= 4 is 40.8 Å². The molecular formula is C31H24N2O5. The number of allylic oxidation sites excluding steroid dienone is 4. The average Bonchev–Trinajstić information content (AvgIpc) is 3.77. The molecule has 4 fully saturated rings. The summed E-state index contributed by atoms with van der Waals surface area (Å²) in [6.07, 6.45) is 9.93. The Bertz CT molecular complexity index is 1380. The van der Waals surface area contributed by atoms with Crippen LogP contribution >= 0.6 is 0 Å². The Hall–Kier alpha value is -4.13. The fourth-order valence-electron chi connectivity index (χ4n) is 8.05. The van der Waals surface area contributed by atoms with Gasteiger partial charge in [-0.05, 0) is 60.8 Å². The van der Waals surface area contributed by atoms with Crippen LogP contribution < -0.4 is 9.80 Å². The van der Waals surface area contributed by atoms with Crippen LogP contribution in [0.1, 0.15) is 28.8 Å². The van der Waals surface area contributed by atoms with Crippen LogP contribution in [0, 0.1) is 47.3 Å². The Morgan fingerprint density at radius 3 is 1.24 bits per heavy atom. The number of carbonyl (C=O) groups is 5. The van der Waals surface area contributed by atoms with Crippen molar-refractivity contribution in [3.05, 3.63) is 84.0 Å². The van der Waals surface area contributed by atoms with E-state index in [4.69, 9.17) is 0 Å². The van der Waals surface area contributed by atoms with E-state index in [2.05, 4.69) is 24.3 Å². The van der Waals surface area contributed by atoms with Gasteiger partial charge in [0, 0.05) is 11.1 Å². The van der Waals surface area contributed by atoms with E-state index in [1.807, 2.05) is 0 Å². The third kappa shape index (κ3) is 2.71. The fourth-order valence-corrected chi connectivity index (χ4v) is 8.05. The lowest BCUT2D eigenvalue weighted by molar-refractivity contribution is -0.124. The van der Waals surface area contributed by atoms with E-state index in [1.165, 1.54) is 9.80 Å². The number of ketones is 1. The van der Waals surface area contributed by atoms with Crippen molar-refractivity contribution in [1.82, 2.24) is 0 Å². The first-order valence-electron chi connectivity index (χ1n) is 13.3. The number of hydrogen-bond donors (Lipinski definition) is 0. The fraction of sp³-hybridized carbons (Fsp3) is 0.323. The lowest BCUT2D eigenvalue weighted by Gasteiger charge is -2.19. The van der Waals surface area contributed by atoms with Crippen LogP contribution in [0.5, 0.6) is 0 Å². The highest BCUT2D eigenvalue weighted by molar-refractivity contribution is 6.24. The van der Waals surface area contributed by atoms with Crippen molar-refractivity contribution in [2.24, 2.45) is 47.3 Å². The van der Waals surface area contributed by atoms with Gasteiger partial charge in [-0.25, -0.2) is 9.80 Å². The zero-order valence-corrected chi connectivity index (χ0v) is 20.4. The van der Waals surface area contributed by atoms with E-state index in [-0.39, 0.29) is 76.8 Å². The predicted molar refractivity (Wildman–Crippen MR) is 137 cm³/mol. The predicted octanol–water partition coefficient (Wildman–Crippen LogP) is 3.54. The standard InChI is InChI=1S/C31H24N2O5/c34-27(19-3-1-5-21(13-19)32-28(35)23-15-7-8-16(11-15)24(23)29(32)36)20-4-2-6-22(14-20)33-30(37)25-17-9-10-18(12-17)26(25)31(33)38/h1-10,13-18,23-26H,11-12H2/t15-,16-,17-,18+,23-,24+,25-,26-/m0/s1. The summed E-state index contributed by atoms with van der Waals surface area (Å²) < 4.78 is 0. The lowest BCUT2D eigenvalue weighted by atomic mass is 9.85. The molecule has 2 saturated carbocycles. The highest BCUT2D eigenvalue weighted by atomic mass is 16.2. The number of anilines is 2. The van der Waals surface area contributed by atoms with Crippen molar-refractivity contribution in [1.29, 1.82) is 0 Å². The van der Waals surface area contributed by atoms with Crippen LogP contribution in [0.4, 0.5) is 11.4 Å². The van der Waals surface area contributed by atoms with Crippen molar-refractivity contribution in [2.45, 2.75) is 12.8 Å². The maximum absolute atomic E-state index is 13.5. The topological polar surface area (TPSA) is 91.8 Å². The number of nitrogens with zero attached hydrogens (tertiary/aromatic N) is 2. The molecule has 2 aliphatic heterocycles. The van der Waals surface area contributed by atoms with Gasteiger partial charge in [0.05, 0.1) is 35.0 Å². The molecule has 4 amide bonds. The highest BCUT2D eigenvalue weighted by Crippen LogP contribution is 2.54. The zero-order valence-electron chi connectivity index (χ0n) is 20.4. The van der Waals surface area contributed by atoms with Gasteiger partial charge in [-0.1, -0.05) is 48.6 Å². The molecule has 4 bridgehead atoms. The highest BCUT2D eigenvalue weighted by Gasteiger charge is 2.60. The Balaban J connectivity index is 1.08. The number of fused-ring (bicyclic) bond motifs is 10. The van der Waals surface area contributed by atoms with E-state index in [0.29, 0.717) is 22.5 Å². The van der Waals surface area contributed by atoms with Crippen LogP contribution in [0.25, 0.3) is 0 Å². The van der Waals surface area contributed by atoms with Gasteiger partial charge in [0.25, 0.3) is 0 Å². The largest absolute Gasteiger partial charge is 0.289 e. The van der Waals surface area contributed by atoms with Crippen LogP contribution in [-0.2, 0) is 19.2 Å². The number of imide groups is 2. The Labute approximate surface area is 218 Å². The van der Waals surface area contributed by atoms with Gasteiger partial charge >= 0.3 is 0 Å². The number of hydrogen-bond acceptors (Lipinski definition) is 5. The minimum absolute atomic E-state index is 0.112. The number of rotatable bonds is 4. The molecule has 4 aliphatic carbocycles. The van der Waals surface area contributed by atoms with Gasteiger partial charge in [0.15, 0.2) is 5.78 Å². The molecule has 8 rings (SSSR count). The lowest BCUT2D eigenvalue weighted by Crippen LogP contribution is -2.33. The van der Waals surface area contributed by atoms with E-state index >= 15 is 0 Å². The number of benzene rings is 2. The second-order valence-corrected chi connectivity index (χ2v) is 11.5. The Morgan fingerprint density at radius 2 is 0.895 bits per heavy atom. The van der Waals surface area contributed by atoms with Crippen LogP contribution in [0.2, 0.25) is 0 Å². The molecule has 6 aliphatic rings. The molecule has 7 heteroatoms. The van der Waals surface area contributed by atoms with E-state index in [1.54, 1.807) is 48.5 Å². The molecule has 0 N–H and O–H groups in total. The van der Waals surface area contributed by atoms with E-state index in [0.717, 1.165) is 12.8 Å². The van der Waals surface area contributed by atoms with Gasteiger partial charge < -0.3 is 0 Å².